The van der Waals surface area contributed by atoms with Gasteiger partial charge in [0.2, 0.25) is 0 Å². The highest BCUT2D eigenvalue weighted by Crippen LogP contribution is 2.24. The van der Waals surface area contributed by atoms with Gasteiger partial charge in [-0.25, -0.2) is 0 Å². The van der Waals surface area contributed by atoms with Crippen molar-refractivity contribution >= 4 is 28.3 Å². The molecular weight excluding hydrogens is 336 g/mol. The van der Waals surface area contributed by atoms with Crippen molar-refractivity contribution in [1.82, 2.24) is 10.6 Å². The third kappa shape index (κ3) is 6.94. The Bertz CT molecular complexity index is 525. The van der Waals surface area contributed by atoms with Crippen LogP contribution in [-0.2, 0) is 9.53 Å². The Kier molecular flexibility index (Phi) is 8.59. The number of thiophene rings is 1. The van der Waals surface area contributed by atoms with Crippen molar-refractivity contribution in [2.45, 2.75) is 45.1 Å². The number of ether oxygens (including phenoxy) is 1. The Hall–Kier alpha value is -1.76. The smallest absolute Gasteiger partial charge is 0.305 e. The van der Waals surface area contributed by atoms with Crippen LogP contribution < -0.4 is 15.5 Å². The third-order valence-corrected chi connectivity index (χ3v) is 5.21. The molecule has 7 heteroatoms. The van der Waals surface area contributed by atoms with E-state index in [-0.39, 0.29) is 5.97 Å². The number of hydrogen-bond donors (Lipinski definition) is 2. The van der Waals surface area contributed by atoms with Crippen molar-refractivity contribution in [2.75, 3.05) is 38.2 Å². The number of guanidine groups is 1. The minimum atomic E-state index is -0.147. The number of piperidine rings is 1. The number of rotatable bonds is 8. The summed E-state index contributed by atoms with van der Waals surface area (Å²) in [6.07, 6.45) is 4.41. The summed E-state index contributed by atoms with van der Waals surface area (Å²) in [7, 11) is 1.43. The van der Waals surface area contributed by atoms with Gasteiger partial charge in [0, 0.05) is 38.6 Å². The normalized spacial score (nSPS) is 15.9. The largest absolute Gasteiger partial charge is 0.469 e. The van der Waals surface area contributed by atoms with E-state index in [1.54, 1.807) is 0 Å². The topological polar surface area (TPSA) is 66.0 Å². The van der Waals surface area contributed by atoms with Gasteiger partial charge in [-0.2, -0.15) is 0 Å². The molecule has 1 aliphatic rings. The maximum absolute atomic E-state index is 11.1. The van der Waals surface area contributed by atoms with Gasteiger partial charge in [-0.3, -0.25) is 9.79 Å². The number of unbranched alkanes of at least 4 members (excludes halogenated alkanes) is 1. The summed E-state index contributed by atoms with van der Waals surface area (Å²) < 4.78 is 4.65. The van der Waals surface area contributed by atoms with Gasteiger partial charge < -0.3 is 20.3 Å². The van der Waals surface area contributed by atoms with Gasteiger partial charge in [-0.1, -0.05) is 0 Å². The fourth-order valence-electron chi connectivity index (χ4n) is 2.88. The third-order valence-electron chi connectivity index (χ3n) is 4.28. The molecule has 0 saturated carbocycles. The molecule has 2 heterocycles. The molecule has 0 aromatic carbocycles. The van der Waals surface area contributed by atoms with Crippen LogP contribution in [0.5, 0.6) is 0 Å². The fraction of sp³-hybridized carbons (Fsp3) is 0.667. The van der Waals surface area contributed by atoms with Crippen LogP contribution in [0.15, 0.2) is 22.5 Å². The number of carbonyl (C=O) groups excluding carboxylic acids is 1. The van der Waals surface area contributed by atoms with Crippen LogP contribution in [-0.4, -0.2) is 51.3 Å². The van der Waals surface area contributed by atoms with E-state index in [1.165, 1.54) is 12.1 Å². The first-order valence-electron chi connectivity index (χ1n) is 9.13. The molecule has 1 saturated heterocycles. The Morgan fingerprint density at radius 1 is 1.40 bits per heavy atom. The Balaban J connectivity index is 1.71. The molecule has 0 bridgehead atoms. The first-order valence-corrected chi connectivity index (χ1v) is 10.0. The average molecular weight is 367 g/mol. The predicted molar refractivity (Wildman–Crippen MR) is 105 cm³/mol. The Labute approximate surface area is 154 Å². The van der Waals surface area contributed by atoms with Crippen molar-refractivity contribution in [2.24, 2.45) is 4.99 Å². The highest BCUT2D eigenvalue weighted by atomic mass is 32.1. The van der Waals surface area contributed by atoms with Gasteiger partial charge in [0.15, 0.2) is 5.96 Å². The molecule has 0 radical (unpaired) electrons. The quantitative estimate of drug-likeness (QED) is 0.320. The SMILES string of the molecule is CCNC(=NCCCCC(=O)OC)NC1CCN(c2cccs2)CC1. The maximum atomic E-state index is 11.1. The molecule has 0 atom stereocenters. The van der Waals surface area contributed by atoms with Crippen LogP contribution in [0.2, 0.25) is 0 Å². The van der Waals surface area contributed by atoms with Gasteiger partial charge in [0.1, 0.15) is 0 Å². The van der Waals surface area contributed by atoms with Crippen LogP contribution in [0.4, 0.5) is 5.00 Å². The second-order valence-corrected chi connectivity index (χ2v) is 7.08. The van der Waals surface area contributed by atoms with Gasteiger partial charge in [-0.05, 0) is 50.1 Å². The second kappa shape index (κ2) is 11.0. The molecule has 1 aliphatic heterocycles. The molecule has 140 valence electrons. The van der Waals surface area contributed by atoms with Crippen LogP contribution in [0, 0.1) is 0 Å². The van der Waals surface area contributed by atoms with Crippen molar-refractivity contribution in [1.29, 1.82) is 0 Å². The Morgan fingerprint density at radius 3 is 2.84 bits per heavy atom. The molecule has 1 aromatic rings. The number of hydrogen-bond acceptors (Lipinski definition) is 5. The van der Waals surface area contributed by atoms with Gasteiger partial charge in [-0.15, -0.1) is 11.3 Å². The molecule has 25 heavy (non-hydrogen) atoms. The first kappa shape index (κ1) is 19.6. The molecule has 0 aliphatic carbocycles. The monoisotopic (exact) mass is 366 g/mol. The van der Waals surface area contributed by atoms with E-state index in [2.05, 4.69) is 49.7 Å². The Morgan fingerprint density at radius 2 is 2.20 bits per heavy atom. The molecule has 0 spiro atoms. The highest BCUT2D eigenvalue weighted by molar-refractivity contribution is 7.14. The van der Waals surface area contributed by atoms with E-state index >= 15 is 0 Å². The molecule has 2 rings (SSSR count). The number of nitrogens with one attached hydrogen (secondary N) is 2. The van der Waals surface area contributed by atoms with Crippen molar-refractivity contribution in [3.63, 3.8) is 0 Å². The zero-order valence-electron chi connectivity index (χ0n) is 15.3. The number of carbonyl (C=O) groups is 1. The van der Waals surface area contributed by atoms with Crippen molar-refractivity contribution in [3.05, 3.63) is 17.5 Å². The summed E-state index contributed by atoms with van der Waals surface area (Å²) in [6, 6.07) is 4.77. The summed E-state index contributed by atoms with van der Waals surface area (Å²) >= 11 is 1.81. The zero-order valence-corrected chi connectivity index (χ0v) is 16.1. The van der Waals surface area contributed by atoms with Crippen molar-refractivity contribution in [3.8, 4) is 0 Å². The van der Waals surface area contributed by atoms with E-state index in [0.717, 1.165) is 57.8 Å². The molecule has 2 N–H and O–H groups in total. The van der Waals surface area contributed by atoms with Crippen LogP contribution in [0.1, 0.15) is 39.0 Å². The van der Waals surface area contributed by atoms with Gasteiger partial charge in [0.05, 0.1) is 12.1 Å². The molecule has 6 nitrogen and oxygen atoms in total. The molecule has 0 amide bonds. The standard InChI is InChI=1S/C18H30N4O2S/c1-3-19-18(20-11-5-4-8-17(23)24-2)21-15-9-12-22(13-10-15)16-7-6-14-25-16/h6-7,14-15H,3-5,8-13H2,1-2H3,(H2,19,20,21). The number of anilines is 1. The number of esters is 1. The maximum Gasteiger partial charge on any atom is 0.305 e. The lowest BCUT2D eigenvalue weighted by molar-refractivity contribution is -0.140. The lowest BCUT2D eigenvalue weighted by atomic mass is 10.1. The van der Waals surface area contributed by atoms with E-state index < -0.39 is 0 Å². The van der Waals surface area contributed by atoms with E-state index in [4.69, 9.17) is 0 Å². The van der Waals surface area contributed by atoms with Crippen LogP contribution in [0.25, 0.3) is 0 Å². The van der Waals surface area contributed by atoms with Crippen LogP contribution in [0.3, 0.4) is 0 Å². The van der Waals surface area contributed by atoms with E-state index in [1.807, 2.05) is 11.3 Å². The number of nitrogens with zero attached hydrogens (tertiary/aromatic N) is 2. The summed E-state index contributed by atoms with van der Waals surface area (Å²) in [5, 5.41) is 10.4. The molecular formula is C18H30N4O2S. The lowest BCUT2D eigenvalue weighted by Crippen LogP contribution is -2.48. The average Bonchev–Trinajstić information content (AvgIpc) is 3.16. The van der Waals surface area contributed by atoms with Crippen molar-refractivity contribution < 1.29 is 9.53 Å². The fourth-order valence-corrected chi connectivity index (χ4v) is 3.67. The highest BCUT2D eigenvalue weighted by Gasteiger charge is 2.20. The zero-order chi connectivity index (χ0) is 17.9. The van der Waals surface area contributed by atoms with Gasteiger partial charge in [0.25, 0.3) is 0 Å². The lowest BCUT2D eigenvalue weighted by Gasteiger charge is -2.33. The number of methoxy groups -OCH3 is 1. The summed E-state index contributed by atoms with van der Waals surface area (Å²) in [5.41, 5.74) is 0. The van der Waals surface area contributed by atoms with Gasteiger partial charge >= 0.3 is 5.97 Å². The molecule has 0 unspecified atom stereocenters. The molecule has 1 aromatic heterocycles. The summed E-state index contributed by atoms with van der Waals surface area (Å²) in [5.74, 6) is 0.738. The predicted octanol–water partition coefficient (Wildman–Crippen LogP) is 2.62. The number of aliphatic imine (C=N–C) groups is 1. The molecule has 1 fully saturated rings. The first-order chi connectivity index (χ1) is 12.2. The summed E-state index contributed by atoms with van der Waals surface area (Å²) in [4.78, 5) is 18.2. The van der Waals surface area contributed by atoms with E-state index in [0.29, 0.717) is 12.5 Å². The van der Waals surface area contributed by atoms with Crippen LogP contribution >= 0.6 is 11.3 Å². The minimum absolute atomic E-state index is 0.147. The second-order valence-electron chi connectivity index (χ2n) is 6.15. The van der Waals surface area contributed by atoms with E-state index in [9.17, 15) is 4.79 Å². The summed E-state index contributed by atoms with van der Waals surface area (Å²) in [6.45, 7) is 5.81. The minimum Gasteiger partial charge on any atom is -0.469 e.